The van der Waals surface area contributed by atoms with E-state index in [4.69, 9.17) is 18.9 Å². The van der Waals surface area contributed by atoms with Crippen LogP contribution in [0.2, 0.25) is 0 Å². The Bertz CT molecular complexity index is 1240. The molecule has 0 aromatic heterocycles. The Kier molecular flexibility index (Phi) is 7.44. The van der Waals surface area contributed by atoms with Crippen molar-refractivity contribution in [3.8, 4) is 34.1 Å². The van der Waals surface area contributed by atoms with Crippen LogP contribution in [0.15, 0.2) is 57.8 Å². The first-order valence-corrected chi connectivity index (χ1v) is 11.8. The number of halogens is 1. The Labute approximate surface area is 208 Å². The quantitative estimate of drug-likeness (QED) is 0.452. The molecule has 0 fully saturated rings. The van der Waals surface area contributed by atoms with Crippen molar-refractivity contribution in [2.75, 3.05) is 28.4 Å². The van der Waals surface area contributed by atoms with Crippen molar-refractivity contribution < 1.29 is 18.9 Å². The molecule has 0 aliphatic heterocycles. The van der Waals surface area contributed by atoms with Gasteiger partial charge in [-0.15, -0.1) is 0 Å². The molecule has 1 N–H and O–H groups in total. The van der Waals surface area contributed by atoms with Crippen LogP contribution < -0.4 is 29.7 Å². The minimum atomic E-state index is -0.165. The van der Waals surface area contributed by atoms with Crippen molar-refractivity contribution in [1.29, 1.82) is 0 Å². The van der Waals surface area contributed by atoms with Gasteiger partial charge in [-0.1, -0.05) is 34.1 Å². The zero-order chi connectivity index (χ0) is 24.2. The SMILES string of the molecule is COc1cc2c(c(OC)c1OC)-c1ccc(OC)c(=O)cc1[C@@H](NCc1ccc(Br)cc1)CC2. The molecule has 7 heteroatoms. The molecule has 0 heterocycles. The van der Waals surface area contributed by atoms with Crippen LogP contribution in [0.1, 0.15) is 29.2 Å². The third kappa shape index (κ3) is 4.63. The summed E-state index contributed by atoms with van der Waals surface area (Å²) in [7, 11) is 6.34. The summed E-state index contributed by atoms with van der Waals surface area (Å²) >= 11 is 3.49. The van der Waals surface area contributed by atoms with Crippen molar-refractivity contribution in [3.63, 3.8) is 0 Å². The molecule has 0 saturated heterocycles. The number of hydrogen-bond donors (Lipinski definition) is 1. The monoisotopic (exact) mass is 525 g/mol. The number of hydrogen-bond acceptors (Lipinski definition) is 6. The molecule has 0 saturated carbocycles. The first-order valence-electron chi connectivity index (χ1n) is 11.0. The maximum Gasteiger partial charge on any atom is 0.220 e. The Morgan fingerprint density at radius 1 is 0.882 bits per heavy atom. The lowest BCUT2D eigenvalue weighted by Gasteiger charge is -2.20. The summed E-state index contributed by atoms with van der Waals surface area (Å²) in [6.07, 6.45) is 1.56. The summed E-state index contributed by atoms with van der Waals surface area (Å²) in [4.78, 5) is 12.9. The molecule has 1 aliphatic carbocycles. The predicted octanol–water partition coefficient (Wildman–Crippen LogP) is 5.29. The summed E-state index contributed by atoms with van der Waals surface area (Å²) in [5.74, 6) is 2.02. The average molecular weight is 526 g/mol. The highest BCUT2D eigenvalue weighted by Crippen LogP contribution is 2.50. The van der Waals surface area contributed by atoms with Crippen molar-refractivity contribution >= 4 is 15.9 Å². The molecule has 3 aromatic rings. The summed E-state index contributed by atoms with van der Waals surface area (Å²) in [5, 5.41) is 3.66. The smallest absolute Gasteiger partial charge is 0.220 e. The minimum Gasteiger partial charge on any atom is -0.493 e. The number of ether oxygens (including phenoxy) is 4. The van der Waals surface area contributed by atoms with Crippen LogP contribution in [0.5, 0.6) is 23.0 Å². The third-order valence-corrected chi connectivity index (χ3v) is 6.72. The van der Waals surface area contributed by atoms with Gasteiger partial charge in [0.2, 0.25) is 11.2 Å². The van der Waals surface area contributed by atoms with Crippen LogP contribution >= 0.6 is 15.9 Å². The van der Waals surface area contributed by atoms with Gasteiger partial charge in [0.1, 0.15) is 0 Å². The maximum absolute atomic E-state index is 12.9. The number of methoxy groups -OCH3 is 4. The second-order valence-electron chi connectivity index (χ2n) is 8.06. The molecule has 178 valence electrons. The van der Waals surface area contributed by atoms with E-state index in [1.165, 1.54) is 7.11 Å². The van der Waals surface area contributed by atoms with Gasteiger partial charge in [-0.25, -0.2) is 0 Å². The molecular formula is C27H28BrNO5. The zero-order valence-corrected chi connectivity index (χ0v) is 21.3. The highest BCUT2D eigenvalue weighted by atomic mass is 79.9. The molecule has 6 nitrogen and oxygen atoms in total. The molecular weight excluding hydrogens is 498 g/mol. The Hall–Kier alpha value is -3.03. The van der Waals surface area contributed by atoms with Crippen LogP contribution in [0.25, 0.3) is 11.1 Å². The fourth-order valence-corrected chi connectivity index (χ4v) is 4.79. The standard InChI is InChI=1S/C27H28BrNO5/c1-31-23-12-10-19-20(14-22(23)30)21(29-15-16-5-8-18(28)9-6-16)11-7-17-13-24(32-2)26(33-3)27(34-4)25(17)19/h5-6,8-10,12-14,21,29H,7,11,15H2,1-4H3/t21-/m0/s1. The van der Waals surface area contributed by atoms with E-state index in [1.807, 2.05) is 24.3 Å². The number of nitrogens with one attached hydrogen (secondary N) is 1. The first-order chi connectivity index (χ1) is 16.5. The van der Waals surface area contributed by atoms with E-state index < -0.39 is 0 Å². The third-order valence-electron chi connectivity index (χ3n) is 6.19. The lowest BCUT2D eigenvalue weighted by Crippen LogP contribution is -2.22. The molecule has 1 aliphatic rings. The van der Waals surface area contributed by atoms with Gasteiger partial charge >= 0.3 is 0 Å². The second kappa shape index (κ2) is 10.5. The van der Waals surface area contributed by atoms with Crippen molar-refractivity contribution in [3.05, 3.63) is 79.9 Å². The summed E-state index contributed by atoms with van der Waals surface area (Å²) in [6, 6.07) is 15.5. The lowest BCUT2D eigenvalue weighted by molar-refractivity contribution is 0.324. The minimum absolute atomic E-state index is 0.0578. The fourth-order valence-electron chi connectivity index (χ4n) is 4.52. The maximum atomic E-state index is 12.9. The van der Waals surface area contributed by atoms with Gasteiger partial charge in [0.25, 0.3) is 0 Å². The van der Waals surface area contributed by atoms with Gasteiger partial charge in [0.15, 0.2) is 17.2 Å². The highest BCUT2D eigenvalue weighted by molar-refractivity contribution is 9.10. The largest absolute Gasteiger partial charge is 0.493 e. The van der Waals surface area contributed by atoms with Gasteiger partial charge in [0.05, 0.1) is 28.4 Å². The van der Waals surface area contributed by atoms with E-state index in [0.717, 1.165) is 45.1 Å². The van der Waals surface area contributed by atoms with Gasteiger partial charge < -0.3 is 24.3 Å². The van der Waals surface area contributed by atoms with Crippen molar-refractivity contribution in [1.82, 2.24) is 5.32 Å². The summed E-state index contributed by atoms with van der Waals surface area (Å²) in [6.45, 7) is 0.668. The molecule has 0 amide bonds. The Morgan fingerprint density at radius 3 is 2.24 bits per heavy atom. The van der Waals surface area contributed by atoms with Gasteiger partial charge in [-0.05, 0) is 65.4 Å². The average Bonchev–Trinajstić information content (AvgIpc) is 3.10. The topological polar surface area (TPSA) is 66.0 Å². The second-order valence-corrected chi connectivity index (χ2v) is 8.97. The molecule has 3 aromatic carbocycles. The van der Waals surface area contributed by atoms with Crippen LogP contribution in [0.3, 0.4) is 0 Å². The van der Waals surface area contributed by atoms with Crippen LogP contribution in [0, 0.1) is 0 Å². The van der Waals surface area contributed by atoms with Crippen molar-refractivity contribution in [2.24, 2.45) is 0 Å². The van der Waals surface area contributed by atoms with E-state index in [1.54, 1.807) is 33.5 Å². The summed E-state index contributed by atoms with van der Waals surface area (Å²) in [5.41, 5.74) is 4.77. The lowest BCUT2D eigenvalue weighted by atomic mass is 9.95. The fraction of sp³-hybridized carbons (Fsp3) is 0.296. The van der Waals surface area contributed by atoms with Crippen LogP contribution in [-0.4, -0.2) is 28.4 Å². The molecule has 0 unspecified atom stereocenters. The normalized spacial score (nSPS) is 14.4. The molecule has 0 radical (unpaired) electrons. The number of rotatable bonds is 7. The summed E-state index contributed by atoms with van der Waals surface area (Å²) < 4.78 is 23.5. The first kappa shape index (κ1) is 24.1. The molecule has 0 bridgehead atoms. The Balaban J connectivity index is 1.89. The number of fused-ring (bicyclic) bond motifs is 3. The van der Waals surface area contributed by atoms with Crippen LogP contribution in [0.4, 0.5) is 0 Å². The van der Waals surface area contributed by atoms with Crippen molar-refractivity contribution in [2.45, 2.75) is 25.4 Å². The molecule has 1 atom stereocenters. The van der Waals surface area contributed by atoms with E-state index >= 15 is 0 Å². The van der Waals surface area contributed by atoms with E-state index in [9.17, 15) is 4.79 Å². The molecule has 4 rings (SSSR count). The highest BCUT2D eigenvalue weighted by Gasteiger charge is 2.29. The predicted molar refractivity (Wildman–Crippen MR) is 136 cm³/mol. The number of benzene rings is 2. The van der Waals surface area contributed by atoms with E-state index in [0.29, 0.717) is 29.5 Å². The van der Waals surface area contributed by atoms with E-state index in [-0.39, 0.29) is 11.5 Å². The van der Waals surface area contributed by atoms with Gasteiger partial charge in [-0.2, -0.15) is 0 Å². The number of aryl methyl sites for hydroxylation is 1. The zero-order valence-electron chi connectivity index (χ0n) is 19.7. The van der Waals surface area contributed by atoms with Crippen LogP contribution in [-0.2, 0) is 13.0 Å². The molecule has 34 heavy (non-hydrogen) atoms. The van der Waals surface area contributed by atoms with E-state index in [2.05, 4.69) is 33.4 Å². The molecule has 0 spiro atoms. The van der Waals surface area contributed by atoms with Gasteiger partial charge in [-0.3, -0.25) is 4.79 Å². The van der Waals surface area contributed by atoms with Gasteiger partial charge in [0, 0.05) is 22.6 Å². The Morgan fingerprint density at radius 2 is 1.59 bits per heavy atom.